The highest BCUT2D eigenvalue weighted by atomic mass is 35.5. The maximum Gasteiger partial charge on any atom is 0.332 e. The van der Waals surface area contributed by atoms with E-state index in [0.717, 1.165) is 38.2 Å². The Bertz CT molecular complexity index is 1920. The summed E-state index contributed by atoms with van der Waals surface area (Å²) in [5.74, 6) is -0.0866. The van der Waals surface area contributed by atoms with E-state index in [9.17, 15) is 14.4 Å². The second kappa shape index (κ2) is 10.6. The van der Waals surface area contributed by atoms with Crippen LogP contribution in [0.1, 0.15) is 38.8 Å². The topological polar surface area (TPSA) is 94.7 Å². The van der Waals surface area contributed by atoms with Gasteiger partial charge in [-0.15, -0.1) is 0 Å². The quantitative estimate of drug-likeness (QED) is 0.229. The molecule has 9 heteroatoms. The van der Waals surface area contributed by atoms with Crippen LogP contribution in [0.25, 0.3) is 10.9 Å². The van der Waals surface area contributed by atoms with Crippen molar-refractivity contribution in [1.29, 1.82) is 0 Å². The van der Waals surface area contributed by atoms with Crippen molar-refractivity contribution in [1.82, 2.24) is 15.2 Å². The van der Waals surface area contributed by atoms with Crippen molar-refractivity contribution in [3.05, 3.63) is 130 Å². The minimum Gasteiger partial charge on any atom is -0.497 e. The Balaban J connectivity index is 1.26. The monoisotopic (exact) mass is 590 g/mol. The molecule has 7 rings (SSSR count). The largest absolute Gasteiger partial charge is 0.497 e. The van der Waals surface area contributed by atoms with Gasteiger partial charge in [0.2, 0.25) is 0 Å². The number of aromatic amines is 1. The molecular formula is C34H27ClN4O4. The summed E-state index contributed by atoms with van der Waals surface area (Å²) in [6.45, 7) is 0.250. The molecule has 1 aromatic heterocycles. The third-order valence-electron chi connectivity index (χ3n) is 8.19. The lowest BCUT2D eigenvalue weighted by molar-refractivity contribution is -0.120. The Morgan fingerprint density at radius 2 is 1.77 bits per heavy atom. The van der Waals surface area contributed by atoms with Crippen LogP contribution in [0.2, 0.25) is 5.02 Å². The number of ether oxygens (including phenoxy) is 1. The summed E-state index contributed by atoms with van der Waals surface area (Å²) in [7, 11) is 1.58. The van der Waals surface area contributed by atoms with Crippen LogP contribution in [0.3, 0.4) is 0 Å². The molecule has 0 spiro atoms. The van der Waals surface area contributed by atoms with Gasteiger partial charge < -0.3 is 15.0 Å². The van der Waals surface area contributed by atoms with E-state index < -0.39 is 24.0 Å². The van der Waals surface area contributed by atoms with Gasteiger partial charge in [0.15, 0.2) is 0 Å². The minimum absolute atomic E-state index is 0.232. The number of amides is 4. The summed E-state index contributed by atoms with van der Waals surface area (Å²) in [6, 6.07) is 27.6. The average Bonchev–Trinajstić information content (AvgIpc) is 3.52. The molecule has 5 aromatic rings. The average molecular weight is 591 g/mol. The number of imide groups is 1. The van der Waals surface area contributed by atoms with E-state index in [4.69, 9.17) is 16.3 Å². The van der Waals surface area contributed by atoms with Gasteiger partial charge in [-0.1, -0.05) is 66.2 Å². The number of hydrogen-bond acceptors (Lipinski definition) is 4. The van der Waals surface area contributed by atoms with Crippen LogP contribution >= 0.6 is 11.6 Å². The number of fused-ring (bicyclic) bond motifs is 4. The zero-order valence-corrected chi connectivity index (χ0v) is 24.0. The first-order valence-electron chi connectivity index (χ1n) is 14.0. The van der Waals surface area contributed by atoms with Crippen LogP contribution < -0.4 is 15.0 Å². The summed E-state index contributed by atoms with van der Waals surface area (Å²) in [5.41, 5.74) is 4.91. The van der Waals surface area contributed by atoms with Gasteiger partial charge in [-0.2, -0.15) is 0 Å². The maximum absolute atomic E-state index is 14.3. The molecule has 1 unspecified atom stereocenters. The summed E-state index contributed by atoms with van der Waals surface area (Å²) >= 11 is 6.41. The van der Waals surface area contributed by atoms with Crippen LogP contribution in [0.5, 0.6) is 5.75 Å². The van der Waals surface area contributed by atoms with Gasteiger partial charge in [-0.25, -0.2) is 9.69 Å². The molecule has 2 N–H and O–H groups in total. The summed E-state index contributed by atoms with van der Waals surface area (Å²) < 4.78 is 5.28. The predicted octanol–water partition coefficient (Wildman–Crippen LogP) is 6.24. The number of urea groups is 1. The number of anilines is 1. The van der Waals surface area contributed by atoms with Gasteiger partial charge in [0.25, 0.3) is 11.8 Å². The molecule has 0 aliphatic carbocycles. The lowest BCUT2D eigenvalue weighted by atomic mass is 9.89. The number of rotatable bonds is 6. The molecule has 4 aromatic carbocycles. The first-order valence-corrected chi connectivity index (χ1v) is 14.3. The number of benzene rings is 4. The fraction of sp³-hybridized carbons (Fsp3) is 0.147. The first kappa shape index (κ1) is 26.8. The molecule has 1 fully saturated rings. The van der Waals surface area contributed by atoms with Crippen molar-refractivity contribution in [3.8, 4) is 5.75 Å². The van der Waals surface area contributed by atoms with E-state index in [0.29, 0.717) is 17.2 Å². The Kier molecular flexibility index (Phi) is 6.63. The van der Waals surface area contributed by atoms with Crippen LogP contribution in [0.4, 0.5) is 10.5 Å². The zero-order valence-electron chi connectivity index (χ0n) is 23.2. The number of carbonyl (C=O) groups excluding carboxylic acids is 3. The van der Waals surface area contributed by atoms with Crippen molar-refractivity contribution < 1.29 is 19.1 Å². The third-order valence-corrected chi connectivity index (χ3v) is 8.43. The smallest absolute Gasteiger partial charge is 0.332 e. The molecule has 2 atom stereocenters. The number of H-pyrrole nitrogens is 1. The molecule has 0 radical (unpaired) electrons. The highest BCUT2D eigenvalue weighted by Crippen LogP contribution is 2.45. The normalized spacial score (nSPS) is 17.6. The highest BCUT2D eigenvalue weighted by molar-refractivity contribution is 6.30. The van der Waals surface area contributed by atoms with E-state index in [1.807, 2.05) is 66.7 Å². The van der Waals surface area contributed by atoms with Crippen molar-refractivity contribution in [3.63, 3.8) is 0 Å². The lowest BCUT2D eigenvalue weighted by Crippen LogP contribution is -2.44. The second-order valence-corrected chi connectivity index (χ2v) is 11.1. The predicted molar refractivity (Wildman–Crippen MR) is 164 cm³/mol. The molecule has 214 valence electrons. The Morgan fingerprint density at radius 1 is 0.977 bits per heavy atom. The fourth-order valence-electron chi connectivity index (χ4n) is 6.24. The van der Waals surface area contributed by atoms with E-state index in [-0.39, 0.29) is 23.7 Å². The van der Waals surface area contributed by atoms with Crippen molar-refractivity contribution in [2.75, 3.05) is 12.0 Å². The van der Waals surface area contributed by atoms with Gasteiger partial charge in [0.1, 0.15) is 17.8 Å². The van der Waals surface area contributed by atoms with Crippen molar-refractivity contribution in [2.24, 2.45) is 0 Å². The SMILES string of the molecule is COc1cccc(CNC(=O)c2ccccc2N2C(=O)[C@@H]3Cc4c([nH]c5ccccc45)C(c4cccc(Cl)c4)N3C2=O)c1. The van der Waals surface area contributed by atoms with Crippen LogP contribution in [-0.4, -0.2) is 40.9 Å². The number of aromatic nitrogens is 1. The summed E-state index contributed by atoms with van der Waals surface area (Å²) in [6.07, 6.45) is 0.349. The van der Waals surface area contributed by atoms with Crippen LogP contribution in [-0.2, 0) is 17.8 Å². The van der Waals surface area contributed by atoms with E-state index in [1.165, 1.54) is 0 Å². The van der Waals surface area contributed by atoms with Crippen LogP contribution in [0.15, 0.2) is 97.1 Å². The van der Waals surface area contributed by atoms with E-state index in [1.54, 1.807) is 42.3 Å². The van der Waals surface area contributed by atoms with Gasteiger partial charge in [-0.3, -0.25) is 14.5 Å². The van der Waals surface area contributed by atoms with Crippen molar-refractivity contribution in [2.45, 2.75) is 25.0 Å². The molecular weight excluding hydrogens is 564 g/mol. The number of halogens is 1. The molecule has 3 heterocycles. The molecule has 2 aliphatic heterocycles. The molecule has 4 amide bonds. The molecule has 1 saturated heterocycles. The number of hydrogen-bond donors (Lipinski definition) is 2. The fourth-order valence-corrected chi connectivity index (χ4v) is 6.44. The first-order chi connectivity index (χ1) is 20.9. The molecule has 8 nitrogen and oxygen atoms in total. The number of nitrogens with one attached hydrogen (secondary N) is 2. The Morgan fingerprint density at radius 3 is 2.60 bits per heavy atom. The number of nitrogens with zero attached hydrogens (tertiary/aromatic N) is 2. The molecule has 0 saturated carbocycles. The summed E-state index contributed by atoms with van der Waals surface area (Å²) in [5, 5.41) is 4.46. The van der Waals surface area contributed by atoms with E-state index >= 15 is 0 Å². The maximum atomic E-state index is 14.3. The second-order valence-electron chi connectivity index (χ2n) is 10.7. The minimum atomic E-state index is -0.754. The van der Waals surface area contributed by atoms with Gasteiger partial charge in [0.05, 0.1) is 18.4 Å². The molecule has 43 heavy (non-hydrogen) atoms. The molecule has 2 aliphatic rings. The summed E-state index contributed by atoms with van der Waals surface area (Å²) in [4.78, 5) is 48.2. The zero-order chi connectivity index (χ0) is 29.7. The third kappa shape index (κ3) is 4.51. The van der Waals surface area contributed by atoms with Gasteiger partial charge >= 0.3 is 6.03 Å². The van der Waals surface area contributed by atoms with Gasteiger partial charge in [0, 0.05) is 34.6 Å². The van der Waals surface area contributed by atoms with Crippen molar-refractivity contribution >= 4 is 46.0 Å². The Hall–Kier alpha value is -5.08. The lowest BCUT2D eigenvalue weighted by Gasteiger charge is -2.36. The van der Waals surface area contributed by atoms with Gasteiger partial charge in [-0.05, 0) is 59.2 Å². The number of carbonyl (C=O) groups is 3. The standard InChI is InChI=1S/C34H27ClN4O4/c1-43-23-11-6-8-20(16-23)19-36-32(40)25-13-3-5-15-28(25)39-33(41)29-18-26-24-12-2-4-14-27(24)37-30(26)31(38(29)34(39)42)21-9-7-10-22(35)17-21/h2-17,29,31,37H,18-19H2,1H3,(H,36,40)/t29-,31?/m0/s1. The number of methoxy groups -OCH3 is 1. The number of para-hydroxylation sites is 2. The Labute approximate surface area is 252 Å². The van der Waals surface area contributed by atoms with E-state index in [2.05, 4.69) is 10.3 Å². The van der Waals surface area contributed by atoms with Crippen LogP contribution in [0, 0.1) is 0 Å². The highest BCUT2D eigenvalue weighted by Gasteiger charge is 2.53. The molecule has 0 bridgehead atoms.